The molecule has 2 heterocycles. The molecule has 0 atom stereocenters. The summed E-state index contributed by atoms with van der Waals surface area (Å²) in [6.45, 7) is 14.7. The van der Waals surface area contributed by atoms with Gasteiger partial charge >= 0.3 is 0 Å². The Bertz CT molecular complexity index is 438. The van der Waals surface area contributed by atoms with E-state index < -0.39 is 0 Å². The molecule has 0 N–H and O–H groups in total. The van der Waals surface area contributed by atoms with Crippen molar-refractivity contribution in [3.63, 3.8) is 0 Å². The molecule has 0 saturated carbocycles. The first-order valence-electron chi connectivity index (χ1n) is 7.70. The molecule has 1 aromatic heterocycles. The fourth-order valence-corrected chi connectivity index (χ4v) is 3.08. The Morgan fingerprint density at radius 3 is 2.38 bits per heavy atom. The van der Waals surface area contributed by atoms with Crippen LogP contribution in [-0.2, 0) is 6.54 Å². The highest BCUT2D eigenvalue weighted by molar-refractivity contribution is 7.99. The van der Waals surface area contributed by atoms with Gasteiger partial charge < -0.3 is 0 Å². The maximum atomic E-state index is 4.44. The van der Waals surface area contributed by atoms with Crippen LogP contribution in [0.1, 0.15) is 25.8 Å². The summed E-state index contributed by atoms with van der Waals surface area (Å²) in [6.07, 6.45) is 5.11. The van der Waals surface area contributed by atoms with E-state index >= 15 is 0 Å². The van der Waals surface area contributed by atoms with Gasteiger partial charge in [-0.1, -0.05) is 30.8 Å². The van der Waals surface area contributed by atoms with Crippen LogP contribution < -0.4 is 0 Å². The highest BCUT2D eigenvalue weighted by Gasteiger charge is 2.16. The van der Waals surface area contributed by atoms with Crippen LogP contribution in [0.25, 0.3) is 0 Å². The van der Waals surface area contributed by atoms with Gasteiger partial charge in [0.2, 0.25) is 0 Å². The zero-order valence-corrected chi connectivity index (χ0v) is 14.0. The third-order valence-corrected chi connectivity index (χ3v) is 4.56. The van der Waals surface area contributed by atoms with Crippen molar-refractivity contribution >= 4 is 11.8 Å². The normalized spacial score (nSPS) is 17.0. The molecule has 0 radical (unpaired) electrons. The molecule has 5 heteroatoms. The number of thioether (sulfide) groups is 1. The van der Waals surface area contributed by atoms with E-state index in [4.69, 9.17) is 0 Å². The van der Waals surface area contributed by atoms with E-state index in [1.54, 1.807) is 11.8 Å². The molecule has 0 spiro atoms. The predicted octanol–water partition coefficient (Wildman–Crippen LogP) is 2.67. The van der Waals surface area contributed by atoms with Crippen molar-refractivity contribution in [3.05, 3.63) is 30.1 Å². The maximum absolute atomic E-state index is 4.44. The van der Waals surface area contributed by atoms with Crippen molar-refractivity contribution in [2.45, 2.75) is 32.0 Å². The molecule has 21 heavy (non-hydrogen) atoms. The van der Waals surface area contributed by atoms with Gasteiger partial charge in [0.05, 0.1) is 0 Å². The van der Waals surface area contributed by atoms with Crippen LogP contribution in [-0.4, -0.2) is 58.2 Å². The SMILES string of the molecule is C=C(C)CN1CCN(Cc2cnc(SCCC)nc2)CC1. The van der Waals surface area contributed by atoms with E-state index in [2.05, 4.69) is 40.2 Å². The van der Waals surface area contributed by atoms with Crippen molar-refractivity contribution in [3.8, 4) is 0 Å². The topological polar surface area (TPSA) is 32.3 Å². The maximum Gasteiger partial charge on any atom is 0.187 e. The third kappa shape index (κ3) is 5.77. The van der Waals surface area contributed by atoms with Gasteiger partial charge in [-0.05, 0) is 13.3 Å². The fourth-order valence-electron chi connectivity index (χ4n) is 2.44. The number of hydrogen-bond donors (Lipinski definition) is 0. The van der Waals surface area contributed by atoms with Crippen LogP contribution in [0.5, 0.6) is 0 Å². The molecule has 4 nitrogen and oxygen atoms in total. The smallest absolute Gasteiger partial charge is 0.187 e. The van der Waals surface area contributed by atoms with E-state index in [0.717, 1.165) is 56.6 Å². The summed E-state index contributed by atoms with van der Waals surface area (Å²) >= 11 is 1.73. The first kappa shape index (κ1) is 16.5. The van der Waals surface area contributed by atoms with Crippen LogP contribution >= 0.6 is 11.8 Å². The average Bonchev–Trinajstić information content (AvgIpc) is 2.48. The number of piperazine rings is 1. The summed E-state index contributed by atoms with van der Waals surface area (Å²) in [7, 11) is 0. The quantitative estimate of drug-likeness (QED) is 0.439. The molecule has 1 fully saturated rings. The number of aromatic nitrogens is 2. The second-order valence-electron chi connectivity index (χ2n) is 5.73. The first-order valence-corrected chi connectivity index (χ1v) is 8.68. The van der Waals surface area contributed by atoms with E-state index in [9.17, 15) is 0 Å². The highest BCUT2D eigenvalue weighted by atomic mass is 32.2. The van der Waals surface area contributed by atoms with E-state index in [-0.39, 0.29) is 0 Å². The Morgan fingerprint density at radius 1 is 1.19 bits per heavy atom. The standard InChI is InChI=1S/C16H26N4S/c1-4-9-21-16-17-10-15(11-18-16)13-20-7-5-19(6-8-20)12-14(2)3/h10-11H,2,4-9,12-13H2,1,3H3. The van der Waals surface area contributed by atoms with Gasteiger partial charge in [-0.25, -0.2) is 9.97 Å². The van der Waals surface area contributed by atoms with Gasteiger partial charge in [-0.2, -0.15) is 0 Å². The fraction of sp³-hybridized carbons (Fsp3) is 0.625. The Labute approximate surface area is 132 Å². The molecule has 116 valence electrons. The Balaban J connectivity index is 1.76. The zero-order valence-electron chi connectivity index (χ0n) is 13.2. The summed E-state index contributed by atoms with van der Waals surface area (Å²) in [5.41, 5.74) is 2.46. The van der Waals surface area contributed by atoms with Gasteiger partial charge in [-0.15, -0.1) is 0 Å². The van der Waals surface area contributed by atoms with Gasteiger partial charge in [0.1, 0.15) is 0 Å². The van der Waals surface area contributed by atoms with Crippen molar-refractivity contribution in [2.75, 3.05) is 38.5 Å². The molecule has 0 aromatic carbocycles. The Morgan fingerprint density at radius 2 is 1.81 bits per heavy atom. The third-order valence-electron chi connectivity index (χ3n) is 3.48. The van der Waals surface area contributed by atoms with Crippen molar-refractivity contribution in [1.29, 1.82) is 0 Å². The minimum Gasteiger partial charge on any atom is -0.297 e. The summed E-state index contributed by atoms with van der Waals surface area (Å²) in [5.74, 6) is 1.09. The second-order valence-corrected chi connectivity index (χ2v) is 6.79. The van der Waals surface area contributed by atoms with Gasteiger partial charge in [-0.3, -0.25) is 9.80 Å². The Hall–Kier alpha value is -0.910. The van der Waals surface area contributed by atoms with Crippen LogP contribution in [0.2, 0.25) is 0 Å². The number of hydrogen-bond acceptors (Lipinski definition) is 5. The van der Waals surface area contributed by atoms with Crippen LogP contribution in [0.4, 0.5) is 0 Å². The minimum absolute atomic E-state index is 0.895. The van der Waals surface area contributed by atoms with Crippen LogP contribution in [0.3, 0.4) is 0 Å². The minimum atomic E-state index is 0.895. The van der Waals surface area contributed by atoms with E-state index in [1.165, 1.54) is 11.1 Å². The zero-order chi connectivity index (χ0) is 15.1. The molecule has 0 aliphatic carbocycles. The van der Waals surface area contributed by atoms with Crippen LogP contribution in [0.15, 0.2) is 29.7 Å². The lowest BCUT2D eigenvalue weighted by atomic mass is 10.2. The monoisotopic (exact) mass is 306 g/mol. The van der Waals surface area contributed by atoms with E-state index in [1.807, 2.05) is 12.4 Å². The lowest BCUT2D eigenvalue weighted by Crippen LogP contribution is -2.46. The molecule has 0 unspecified atom stereocenters. The summed E-state index contributed by atoms with van der Waals surface area (Å²) in [4.78, 5) is 13.8. The van der Waals surface area contributed by atoms with Gasteiger partial charge in [0.25, 0.3) is 0 Å². The molecule has 0 bridgehead atoms. The highest BCUT2D eigenvalue weighted by Crippen LogP contribution is 2.14. The lowest BCUT2D eigenvalue weighted by Gasteiger charge is -2.34. The summed E-state index contributed by atoms with van der Waals surface area (Å²) in [5, 5.41) is 0.895. The van der Waals surface area contributed by atoms with Gasteiger partial charge in [0, 0.05) is 63.0 Å². The lowest BCUT2D eigenvalue weighted by molar-refractivity contribution is 0.134. The first-order chi connectivity index (χ1) is 10.2. The van der Waals surface area contributed by atoms with Crippen molar-refractivity contribution in [2.24, 2.45) is 0 Å². The molecule has 1 aliphatic rings. The molecule has 1 aliphatic heterocycles. The molecule has 1 saturated heterocycles. The predicted molar refractivity (Wildman–Crippen MR) is 89.6 cm³/mol. The largest absolute Gasteiger partial charge is 0.297 e. The Kier molecular flexibility index (Phi) is 6.67. The molecular formula is C16H26N4S. The molecule has 0 amide bonds. The van der Waals surface area contributed by atoms with Gasteiger partial charge in [0.15, 0.2) is 5.16 Å². The number of nitrogens with zero attached hydrogens (tertiary/aromatic N) is 4. The molecule has 1 aromatic rings. The van der Waals surface area contributed by atoms with Crippen molar-refractivity contribution < 1.29 is 0 Å². The average molecular weight is 306 g/mol. The molecular weight excluding hydrogens is 280 g/mol. The summed E-state index contributed by atoms with van der Waals surface area (Å²) in [6, 6.07) is 0. The van der Waals surface area contributed by atoms with E-state index in [0.29, 0.717) is 0 Å². The molecule has 2 rings (SSSR count). The second kappa shape index (κ2) is 8.51. The van der Waals surface area contributed by atoms with Crippen LogP contribution in [0, 0.1) is 0 Å². The van der Waals surface area contributed by atoms with Crippen molar-refractivity contribution in [1.82, 2.24) is 19.8 Å². The summed E-state index contributed by atoms with van der Waals surface area (Å²) < 4.78 is 0. The number of rotatable bonds is 7.